The fourth-order valence-electron chi connectivity index (χ4n) is 2.16. The second-order valence-electron chi connectivity index (χ2n) is 4.60. The minimum atomic E-state index is 0.0224. The monoisotopic (exact) mass is 247 g/mol. The fourth-order valence-corrected chi connectivity index (χ4v) is 2.16. The van der Waals surface area contributed by atoms with Crippen LogP contribution >= 0.6 is 0 Å². The minimum Gasteiger partial charge on any atom is -0.374 e. The molecule has 1 N–H and O–H groups in total. The van der Waals surface area contributed by atoms with E-state index in [2.05, 4.69) is 23.7 Å². The number of hydroxylamine groups is 1. The van der Waals surface area contributed by atoms with Gasteiger partial charge in [0.2, 0.25) is 0 Å². The zero-order valence-corrected chi connectivity index (χ0v) is 10.2. The highest BCUT2D eigenvalue weighted by Gasteiger charge is 2.28. The Kier molecular flexibility index (Phi) is 3.59. The Balaban J connectivity index is 1.48. The molecule has 4 heteroatoms. The lowest BCUT2D eigenvalue weighted by Gasteiger charge is -2.23. The zero-order chi connectivity index (χ0) is 12.2. The third kappa shape index (κ3) is 2.72. The molecule has 0 amide bonds. The van der Waals surface area contributed by atoms with E-state index in [1.807, 2.05) is 18.2 Å². The first-order chi connectivity index (χ1) is 8.92. The maximum atomic E-state index is 5.71. The van der Waals surface area contributed by atoms with Gasteiger partial charge in [-0.1, -0.05) is 30.3 Å². The van der Waals surface area contributed by atoms with Gasteiger partial charge in [-0.2, -0.15) is 0 Å². The van der Waals surface area contributed by atoms with Crippen LogP contribution in [-0.4, -0.2) is 25.9 Å². The van der Waals surface area contributed by atoms with E-state index in [1.165, 1.54) is 5.56 Å². The standard InChI is InChI=1S/C14H17NO3/c1-2-4-11(5-3-1)7-16-10-13-6-14-12(8-17-13)9-18-15-14/h1-6,12-13,15H,7-10H2/t12-,13+/m0/s1. The van der Waals surface area contributed by atoms with E-state index in [0.717, 1.165) is 5.70 Å². The van der Waals surface area contributed by atoms with Crippen molar-refractivity contribution in [2.24, 2.45) is 5.92 Å². The van der Waals surface area contributed by atoms with Gasteiger partial charge in [0.05, 0.1) is 32.3 Å². The van der Waals surface area contributed by atoms with Crippen molar-refractivity contribution in [2.75, 3.05) is 19.8 Å². The van der Waals surface area contributed by atoms with E-state index in [1.54, 1.807) is 0 Å². The van der Waals surface area contributed by atoms with Crippen LogP contribution in [0.1, 0.15) is 5.56 Å². The van der Waals surface area contributed by atoms with E-state index in [9.17, 15) is 0 Å². The van der Waals surface area contributed by atoms with Gasteiger partial charge in [-0.25, -0.2) is 0 Å². The van der Waals surface area contributed by atoms with Crippen LogP contribution in [0.15, 0.2) is 42.1 Å². The molecular weight excluding hydrogens is 230 g/mol. The molecule has 1 aromatic carbocycles. The highest BCUT2D eigenvalue weighted by Crippen LogP contribution is 2.22. The summed E-state index contributed by atoms with van der Waals surface area (Å²) in [5.74, 6) is 0.371. The molecule has 2 atom stereocenters. The molecular formula is C14H17NO3. The van der Waals surface area contributed by atoms with Crippen molar-refractivity contribution in [3.05, 3.63) is 47.7 Å². The third-order valence-corrected chi connectivity index (χ3v) is 3.18. The van der Waals surface area contributed by atoms with Crippen molar-refractivity contribution in [1.82, 2.24) is 5.48 Å². The van der Waals surface area contributed by atoms with Gasteiger partial charge in [-0.3, -0.25) is 10.3 Å². The van der Waals surface area contributed by atoms with E-state index in [0.29, 0.717) is 32.3 Å². The number of ether oxygens (including phenoxy) is 2. The molecule has 2 aliphatic heterocycles. The Morgan fingerprint density at radius 2 is 2.11 bits per heavy atom. The maximum Gasteiger partial charge on any atom is 0.101 e. The first-order valence-corrected chi connectivity index (χ1v) is 6.24. The molecule has 0 spiro atoms. The molecule has 4 nitrogen and oxygen atoms in total. The van der Waals surface area contributed by atoms with Gasteiger partial charge in [0.15, 0.2) is 0 Å². The average molecular weight is 247 g/mol. The van der Waals surface area contributed by atoms with Gasteiger partial charge in [0, 0.05) is 5.70 Å². The molecule has 0 aliphatic carbocycles. The first-order valence-electron chi connectivity index (χ1n) is 6.24. The molecule has 1 aromatic rings. The molecule has 3 rings (SSSR count). The number of nitrogens with one attached hydrogen (secondary N) is 1. The van der Waals surface area contributed by atoms with E-state index >= 15 is 0 Å². The van der Waals surface area contributed by atoms with Gasteiger partial charge in [-0.15, -0.1) is 0 Å². The van der Waals surface area contributed by atoms with Crippen LogP contribution in [0.2, 0.25) is 0 Å². The molecule has 1 saturated heterocycles. The highest BCUT2D eigenvalue weighted by atomic mass is 16.7. The van der Waals surface area contributed by atoms with Crippen molar-refractivity contribution in [3.63, 3.8) is 0 Å². The number of rotatable bonds is 4. The lowest BCUT2D eigenvalue weighted by Crippen LogP contribution is -2.29. The molecule has 0 aromatic heterocycles. The Labute approximate surface area is 106 Å². The Bertz CT molecular complexity index is 418. The molecule has 0 unspecified atom stereocenters. The van der Waals surface area contributed by atoms with Gasteiger partial charge >= 0.3 is 0 Å². The largest absolute Gasteiger partial charge is 0.374 e. The van der Waals surface area contributed by atoms with Crippen LogP contribution < -0.4 is 5.48 Å². The molecule has 0 saturated carbocycles. The number of hydrogen-bond acceptors (Lipinski definition) is 4. The lowest BCUT2D eigenvalue weighted by atomic mass is 10.0. The molecule has 1 fully saturated rings. The van der Waals surface area contributed by atoms with Crippen LogP contribution in [0.3, 0.4) is 0 Å². The van der Waals surface area contributed by atoms with Gasteiger partial charge in [0.25, 0.3) is 0 Å². The molecule has 96 valence electrons. The minimum absolute atomic E-state index is 0.0224. The second-order valence-corrected chi connectivity index (χ2v) is 4.60. The van der Waals surface area contributed by atoms with E-state index in [4.69, 9.17) is 14.3 Å². The number of hydrogen-bond donors (Lipinski definition) is 1. The van der Waals surface area contributed by atoms with Crippen LogP contribution in [-0.2, 0) is 20.9 Å². The summed E-state index contributed by atoms with van der Waals surface area (Å²) in [4.78, 5) is 5.17. The lowest BCUT2D eigenvalue weighted by molar-refractivity contribution is -0.0158. The summed E-state index contributed by atoms with van der Waals surface area (Å²) in [6.45, 7) is 2.60. The summed E-state index contributed by atoms with van der Waals surface area (Å²) in [6.07, 6.45) is 2.08. The van der Waals surface area contributed by atoms with E-state index in [-0.39, 0.29) is 6.10 Å². The average Bonchev–Trinajstić information content (AvgIpc) is 2.87. The highest BCUT2D eigenvalue weighted by molar-refractivity contribution is 5.14. The van der Waals surface area contributed by atoms with Crippen LogP contribution in [0.4, 0.5) is 0 Å². The van der Waals surface area contributed by atoms with Crippen molar-refractivity contribution in [3.8, 4) is 0 Å². The predicted molar refractivity (Wildman–Crippen MR) is 66.5 cm³/mol. The summed E-state index contributed by atoms with van der Waals surface area (Å²) >= 11 is 0. The summed E-state index contributed by atoms with van der Waals surface area (Å²) in [6, 6.07) is 10.2. The summed E-state index contributed by atoms with van der Waals surface area (Å²) in [5.41, 5.74) is 5.24. The molecule has 2 aliphatic rings. The number of benzene rings is 1. The van der Waals surface area contributed by atoms with Gasteiger partial charge < -0.3 is 9.47 Å². The van der Waals surface area contributed by atoms with Crippen molar-refractivity contribution in [1.29, 1.82) is 0 Å². The normalized spacial score (nSPS) is 26.3. The Morgan fingerprint density at radius 3 is 3.00 bits per heavy atom. The molecule has 18 heavy (non-hydrogen) atoms. The van der Waals surface area contributed by atoms with Gasteiger partial charge in [0.1, 0.15) is 6.10 Å². The van der Waals surface area contributed by atoms with Crippen LogP contribution in [0, 0.1) is 5.92 Å². The first kappa shape index (κ1) is 11.7. The predicted octanol–water partition coefficient (Wildman–Crippen LogP) is 1.64. The Morgan fingerprint density at radius 1 is 1.22 bits per heavy atom. The molecule has 2 heterocycles. The quantitative estimate of drug-likeness (QED) is 0.878. The van der Waals surface area contributed by atoms with Crippen molar-refractivity contribution >= 4 is 0 Å². The summed E-state index contributed by atoms with van der Waals surface area (Å²) in [7, 11) is 0. The van der Waals surface area contributed by atoms with Crippen molar-refractivity contribution in [2.45, 2.75) is 12.7 Å². The zero-order valence-electron chi connectivity index (χ0n) is 10.2. The summed E-state index contributed by atoms with van der Waals surface area (Å²) < 4.78 is 11.4. The fraction of sp³-hybridized carbons (Fsp3) is 0.429. The summed E-state index contributed by atoms with van der Waals surface area (Å²) in [5, 5.41) is 0. The van der Waals surface area contributed by atoms with E-state index < -0.39 is 0 Å². The van der Waals surface area contributed by atoms with Gasteiger partial charge in [-0.05, 0) is 11.6 Å². The number of fused-ring (bicyclic) bond motifs is 1. The Hall–Kier alpha value is -1.36. The molecule has 0 radical (unpaired) electrons. The SMILES string of the molecule is C1=C2NOC[C@@H]2CO[C@H]1COCc1ccccc1. The van der Waals surface area contributed by atoms with Crippen LogP contribution in [0.5, 0.6) is 0 Å². The second kappa shape index (κ2) is 5.52. The third-order valence-electron chi connectivity index (χ3n) is 3.18. The van der Waals surface area contributed by atoms with Crippen molar-refractivity contribution < 1.29 is 14.3 Å². The maximum absolute atomic E-state index is 5.71. The molecule has 0 bridgehead atoms. The smallest absolute Gasteiger partial charge is 0.101 e. The topological polar surface area (TPSA) is 39.7 Å². The van der Waals surface area contributed by atoms with Crippen LogP contribution in [0.25, 0.3) is 0 Å².